The largest absolute Gasteiger partial charge is 0.493 e. The molecule has 0 aliphatic carbocycles. The van der Waals surface area contributed by atoms with Crippen LogP contribution in [0.1, 0.15) is 36.6 Å². The first-order chi connectivity index (χ1) is 25.2. The van der Waals surface area contributed by atoms with Crippen molar-refractivity contribution in [3.05, 3.63) is 155 Å². The minimum Gasteiger partial charge on any atom is -0.493 e. The minimum atomic E-state index is -0.850. The van der Waals surface area contributed by atoms with Gasteiger partial charge in [0.1, 0.15) is 0 Å². The molecule has 7 rings (SSSR count). The van der Waals surface area contributed by atoms with Crippen LogP contribution in [0.4, 0.5) is 0 Å². The Hall–Kier alpha value is -5.45. The van der Waals surface area contributed by atoms with Crippen molar-refractivity contribution >= 4 is 39.3 Å². The number of carbonyl (C=O) groups is 1. The van der Waals surface area contributed by atoms with E-state index in [0.717, 1.165) is 39.3 Å². The summed E-state index contributed by atoms with van der Waals surface area (Å²) in [5.41, 5.74) is 8.07. The molecule has 4 aromatic carbocycles. The molecule has 52 heavy (non-hydrogen) atoms. The van der Waals surface area contributed by atoms with Crippen LogP contribution in [0.2, 0.25) is 0 Å². The monoisotopic (exact) mass is 773 g/mol. The van der Waals surface area contributed by atoms with Crippen molar-refractivity contribution in [1.82, 2.24) is 9.13 Å². The maximum atomic E-state index is 14.8. The molecule has 1 aliphatic rings. The summed E-state index contributed by atoms with van der Waals surface area (Å²) in [6.07, 6.45) is 1.94. The second-order valence-electron chi connectivity index (χ2n) is 12.3. The van der Waals surface area contributed by atoms with E-state index in [1.165, 1.54) is 11.3 Å². The van der Waals surface area contributed by atoms with Crippen LogP contribution < -0.4 is 24.4 Å². The number of hydrogen-bond donors (Lipinski definition) is 0. The zero-order valence-corrected chi connectivity index (χ0v) is 31.7. The third-order valence-electron chi connectivity index (χ3n) is 9.04. The molecule has 1 aliphatic heterocycles. The molecule has 2 aromatic heterocycles. The lowest BCUT2D eigenvalue weighted by Gasteiger charge is -2.26. The van der Waals surface area contributed by atoms with E-state index in [9.17, 15) is 9.59 Å². The lowest BCUT2D eigenvalue weighted by molar-refractivity contribution is -0.139. The van der Waals surface area contributed by atoms with E-state index in [1.807, 2.05) is 42.5 Å². The number of nitrogens with zero attached hydrogens (tertiary/aromatic N) is 3. The normalized spacial score (nSPS) is 14.2. The Morgan fingerprint density at radius 3 is 2.15 bits per heavy atom. The number of esters is 1. The molecule has 0 spiro atoms. The van der Waals surface area contributed by atoms with E-state index in [1.54, 1.807) is 44.8 Å². The summed E-state index contributed by atoms with van der Waals surface area (Å²) < 4.78 is 21.6. The Balaban J connectivity index is 1.52. The molecule has 262 valence electrons. The highest BCUT2D eigenvalue weighted by Crippen LogP contribution is 2.41. The fraction of sp³-hybridized carbons (Fsp3) is 0.167. The molecule has 0 radical (unpaired) electrons. The number of ether oxygens (including phenoxy) is 3. The lowest BCUT2D eigenvalue weighted by Crippen LogP contribution is -2.40. The third-order valence-corrected chi connectivity index (χ3v) is 10.7. The molecule has 0 saturated carbocycles. The number of hydrogen-bond acceptors (Lipinski definition) is 7. The lowest BCUT2D eigenvalue weighted by atomic mass is 9.95. The maximum absolute atomic E-state index is 14.8. The van der Waals surface area contributed by atoms with Gasteiger partial charge in [-0.1, -0.05) is 106 Å². The van der Waals surface area contributed by atoms with Crippen molar-refractivity contribution in [2.24, 2.45) is 4.99 Å². The second kappa shape index (κ2) is 14.7. The fourth-order valence-corrected chi connectivity index (χ4v) is 8.20. The standard InChI is InChI=1S/C42H36BrN3O5S/c1-6-51-41(48)37-26(3)44-42-46(39(37)31-23-34(49-4)35(50-5)24-32(31)43)40(47)36(52-42)22-29-21-33(27-13-9-7-10-14-27)45(30-19-17-25(2)18-20-30)38(29)28-15-11-8-12-16-28/h7-24,39H,6H2,1-5H3/b36-22-/t39-/m0/s1. The van der Waals surface area contributed by atoms with E-state index in [-0.39, 0.29) is 17.7 Å². The van der Waals surface area contributed by atoms with E-state index in [2.05, 4.69) is 82.0 Å². The van der Waals surface area contributed by atoms with Gasteiger partial charge < -0.3 is 18.8 Å². The highest BCUT2D eigenvalue weighted by molar-refractivity contribution is 9.10. The van der Waals surface area contributed by atoms with Crippen molar-refractivity contribution < 1.29 is 19.0 Å². The van der Waals surface area contributed by atoms with E-state index < -0.39 is 12.0 Å². The minimum absolute atomic E-state index is 0.170. The molecule has 6 aromatic rings. The van der Waals surface area contributed by atoms with Gasteiger partial charge in [0.25, 0.3) is 5.56 Å². The summed E-state index contributed by atoms with van der Waals surface area (Å²) in [4.78, 5) is 33.6. The number of halogens is 1. The summed E-state index contributed by atoms with van der Waals surface area (Å²) in [6, 6.07) is 33.7. The maximum Gasteiger partial charge on any atom is 0.338 e. The topological polar surface area (TPSA) is 84.1 Å². The van der Waals surface area contributed by atoms with E-state index in [0.29, 0.717) is 36.6 Å². The van der Waals surface area contributed by atoms with Gasteiger partial charge in [0.15, 0.2) is 16.3 Å². The molecule has 8 nitrogen and oxygen atoms in total. The zero-order valence-electron chi connectivity index (χ0n) is 29.3. The quantitative estimate of drug-likeness (QED) is 0.139. The molecule has 0 saturated heterocycles. The van der Waals surface area contributed by atoms with Crippen LogP contribution in [-0.2, 0) is 9.53 Å². The number of aromatic nitrogens is 2. The molecule has 0 amide bonds. The summed E-state index contributed by atoms with van der Waals surface area (Å²) in [7, 11) is 3.10. The highest BCUT2D eigenvalue weighted by atomic mass is 79.9. The average Bonchev–Trinajstić information content (AvgIpc) is 3.68. The Kier molecular flexibility index (Phi) is 9.85. The number of rotatable bonds is 9. The van der Waals surface area contributed by atoms with Gasteiger partial charge in [-0.25, -0.2) is 9.79 Å². The van der Waals surface area contributed by atoms with Gasteiger partial charge >= 0.3 is 5.97 Å². The van der Waals surface area contributed by atoms with Crippen molar-refractivity contribution in [2.45, 2.75) is 26.8 Å². The summed E-state index contributed by atoms with van der Waals surface area (Å²) in [5, 5.41) is 0. The number of carbonyl (C=O) groups excluding carboxylic acids is 1. The molecule has 0 unspecified atom stereocenters. The average molecular weight is 775 g/mol. The summed E-state index contributed by atoms with van der Waals surface area (Å²) >= 11 is 4.97. The number of methoxy groups -OCH3 is 2. The van der Waals surface area contributed by atoms with Crippen LogP contribution in [0.25, 0.3) is 34.3 Å². The Labute approximate surface area is 313 Å². The van der Waals surface area contributed by atoms with Crippen LogP contribution in [0.5, 0.6) is 11.5 Å². The van der Waals surface area contributed by atoms with Crippen LogP contribution in [0.3, 0.4) is 0 Å². The molecule has 0 N–H and O–H groups in total. The summed E-state index contributed by atoms with van der Waals surface area (Å²) in [5.74, 6) is 0.419. The van der Waals surface area contributed by atoms with Crippen molar-refractivity contribution in [2.75, 3.05) is 20.8 Å². The first kappa shape index (κ1) is 35.0. The molecular formula is C42H36BrN3O5S. The van der Waals surface area contributed by atoms with Crippen LogP contribution in [0.15, 0.2) is 129 Å². The van der Waals surface area contributed by atoms with Gasteiger partial charge in [-0.15, -0.1) is 0 Å². The SMILES string of the molecule is CCOC(=O)C1=C(C)N=c2s/c(=C\c3cc(-c4ccccc4)n(-c4ccc(C)cc4)c3-c3ccccc3)c(=O)n2[C@H]1c1cc(OC)c(OC)cc1Br. The fourth-order valence-electron chi connectivity index (χ4n) is 6.62. The van der Waals surface area contributed by atoms with Gasteiger partial charge in [-0.05, 0) is 73.9 Å². The van der Waals surface area contributed by atoms with Crippen molar-refractivity contribution in [3.8, 4) is 39.7 Å². The van der Waals surface area contributed by atoms with Crippen LogP contribution in [-0.4, -0.2) is 35.9 Å². The van der Waals surface area contributed by atoms with Gasteiger partial charge in [0, 0.05) is 15.7 Å². The molecule has 3 heterocycles. The second-order valence-corrected chi connectivity index (χ2v) is 14.1. The van der Waals surface area contributed by atoms with E-state index >= 15 is 0 Å². The van der Waals surface area contributed by atoms with Crippen LogP contribution in [0, 0.1) is 6.92 Å². The van der Waals surface area contributed by atoms with Gasteiger partial charge in [0.2, 0.25) is 0 Å². The number of fused-ring (bicyclic) bond motifs is 1. The van der Waals surface area contributed by atoms with Crippen molar-refractivity contribution in [1.29, 1.82) is 0 Å². The van der Waals surface area contributed by atoms with Gasteiger partial charge in [0.05, 0.1) is 54.1 Å². The molecule has 0 fully saturated rings. The van der Waals surface area contributed by atoms with Gasteiger partial charge in [-0.3, -0.25) is 9.36 Å². The first-order valence-electron chi connectivity index (χ1n) is 16.8. The van der Waals surface area contributed by atoms with Crippen molar-refractivity contribution in [3.63, 3.8) is 0 Å². The predicted molar refractivity (Wildman–Crippen MR) is 209 cm³/mol. The number of thiazole rings is 1. The zero-order chi connectivity index (χ0) is 36.5. The third kappa shape index (κ3) is 6.33. The molecule has 0 bridgehead atoms. The Bertz CT molecular complexity index is 2520. The van der Waals surface area contributed by atoms with Gasteiger partial charge in [-0.2, -0.15) is 0 Å². The van der Waals surface area contributed by atoms with E-state index in [4.69, 9.17) is 19.2 Å². The highest BCUT2D eigenvalue weighted by Gasteiger charge is 2.35. The number of benzene rings is 4. The number of aryl methyl sites for hydroxylation is 1. The Morgan fingerprint density at radius 1 is 0.885 bits per heavy atom. The molecule has 1 atom stereocenters. The van der Waals surface area contributed by atoms with Crippen LogP contribution >= 0.6 is 27.3 Å². The summed E-state index contributed by atoms with van der Waals surface area (Å²) in [6.45, 7) is 5.76. The smallest absolute Gasteiger partial charge is 0.338 e. The first-order valence-corrected chi connectivity index (χ1v) is 18.4. The Morgan fingerprint density at radius 2 is 1.52 bits per heavy atom. The molecular weight excluding hydrogens is 738 g/mol. The molecule has 10 heteroatoms. The predicted octanol–water partition coefficient (Wildman–Crippen LogP) is 8.01. The number of allylic oxidation sites excluding steroid dienone is 1.